The molecular weight excluding hydrogens is 280 g/mol. The quantitative estimate of drug-likeness (QED) is 0.828. The third kappa shape index (κ3) is 3.28. The lowest BCUT2D eigenvalue weighted by Gasteiger charge is -2.26. The number of morpholine rings is 1. The van der Waals surface area contributed by atoms with Crippen LogP contribution in [-0.4, -0.2) is 45.1 Å². The molecule has 0 saturated carbocycles. The molecule has 6 nitrogen and oxygen atoms in total. The highest BCUT2D eigenvalue weighted by Gasteiger charge is 2.26. The minimum atomic E-state index is -3.48. The molecule has 1 aromatic carbocycles. The zero-order valence-corrected chi connectivity index (χ0v) is 12.0. The molecule has 0 amide bonds. The summed E-state index contributed by atoms with van der Waals surface area (Å²) in [5.41, 5.74) is 0. The second-order valence-electron chi connectivity index (χ2n) is 4.38. The Balaban J connectivity index is 2.14. The number of nitriles is 1. The van der Waals surface area contributed by atoms with Crippen molar-refractivity contribution in [3.05, 3.63) is 24.3 Å². The average molecular weight is 296 g/mol. The topological polar surface area (TPSA) is 79.6 Å². The van der Waals surface area contributed by atoms with Crippen molar-refractivity contribution in [1.82, 2.24) is 4.31 Å². The lowest BCUT2D eigenvalue weighted by atomic mass is 10.3. The fourth-order valence-corrected chi connectivity index (χ4v) is 3.26. The van der Waals surface area contributed by atoms with E-state index in [2.05, 4.69) is 0 Å². The van der Waals surface area contributed by atoms with Gasteiger partial charge in [0.05, 0.1) is 18.1 Å². The summed E-state index contributed by atoms with van der Waals surface area (Å²) in [6.07, 6.45) is -0.572. The Kier molecular flexibility index (Phi) is 4.60. The maximum Gasteiger partial charge on any atom is 0.243 e. The molecule has 0 radical (unpaired) electrons. The standard InChI is InChI=1S/C13H16N2O4S/c1-11(10-14)19-12-2-4-13(5-3-12)20(16,17)15-6-8-18-9-7-15/h2-5,11H,6-9H2,1H3/t11-/m1/s1. The van der Waals surface area contributed by atoms with Crippen LogP contribution < -0.4 is 4.74 Å². The Hall–Kier alpha value is -1.62. The van der Waals surface area contributed by atoms with Crippen molar-refractivity contribution in [3.63, 3.8) is 0 Å². The van der Waals surface area contributed by atoms with Crippen LogP contribution in [0.3, 0.4) is 0 Å². The highest BCUT2D eigenvalue weighted by atomic mass is 32.2. The van der Waals surface area contributed by atoms with E-state index in [-0.39, 0.29) is 4.90 Å². The third-order valence-electron chi connectivity index (χ3n) is 2.93. The summed E-state index contributed by atoms with van der Waals surface area (Å²) in [6, 6.07) is 8.04. The molecule has 1 atom stereocenters. The van der Waals surface area contributed by atoms with Gasteiger partial charge in [0.15, 0.2) is 6.10 Å². The van der Waals surface area contributed by atoms with Crippen LogP contribution in [-0.2, 0) is 14.8 Å². The summed E-state index contributed by atoms with van der Waals surface area (Å²) < 4.78 is 36.6. The Bertz CT molecular complexity index is 586. The van der Waals surface area contributed by atoms with Crippen LogP contribution >= 0.6 is 0 Å². The molecule has 1 aliphatic heterocycles. The van der Waals surface area contributed by atoms with Crippen molar-refractivity contribution in [2.24, 2.45) is 0 Å². The minimum Gasteiger partial charge on any atom is -0.476 e. The molecule has 1 aliphatic rings. The number of benzene rings is 1. The first-order valence-corrected chi connectivity index (χ1v) is 7.72. The van der Waals surface area contributed by atoms with Gasteiger partial charge in [-0.1, -0.05) is 0 Å². The van der Waals surface area contributed by atoms with Crippen molar-refractivity contribution >= 4 is 10.0 Å². The van der Waals surface area contributed by atoms with Crippen LogP contribution in [0.1, 0.15) is 6.92 Å². The summed E-state index contributed by atoms with van der Waals surface area (Å²) in [4.78, 5) is 0.219. The van der Waals surface area contributed by atoms with Crippen molar-refractivity contribution in [3.8, 4) is 11.8 Å². The summed E-state index contributed by atoms with van der Waals surface area (Å²) in [5, 5.41) is 8.66. The molecule has 0 aliphatic carbocycles. The lowest BCUT2D eigenvalue weighted by Crippen LogP contribution is -2.40. The van der Waals surface area contributed by atoms with Crippen molar-refractivity contribution < 1.29 is 17.9 Å². The first kappa shape index (κ1) is 14.8. The Morgan fingerprint density at radius 2 is 1.90 bits per heavy atom. The molecule has 2 rings (SSSR count). The van der Waals surface area contributed by atoms with E-state index in [1.165, 1.54) is 16.4 Å². The van der Waals surface area contributed by atoms with Gasteiger partial charge in [0, 0.05) is 13.1 Å². The smallest absolute Gasteiger partial charge is 0.243 e. The van der Waals surface area contributed by atoms with Crippen molar-refractivity contribution in [2.45, 2.75) is 17.9 Å². The van der Waals surface area contributed by atoms with Gasteiger partial charge >= 0.3 is 0 Å². The number of sulfonamides is 1. The van der Waals surface area contributed by atoms with Gasteiger partial charge in [0.1, 0.15) is 11.8 Å². The van der Waals surface area contributed by atoms with Gasteiger partial charge in [0.2, 0.25) is 10.0 Å². The van der Waals surface area contributed by atoms with Gasteiger partial charge in [-0.3, -0.25) is 0 Å². The molecule has 1 heterocycles. The molecule has 0 aromatic heterocycles. The molecule has 0 N–H and O–H groups in total. The first-order valence-electron chi connectivity index (χ1n) is 6.28. The van der Waals surface area contributed by atoms with Gasteiger partial charge in [0.25, 0.3) is 0 Å². The average Bonchev–Trinajstić information content (AvgIpc) is 2.48. The molecule has 1 aromatic rings. The van der Waals surface area contributed by atoms with Crippen LogP contribution in [0.2, 0.25) is 0 Å². The summed E-state index contributed by atoms with van der Waals surface area (Å²) >= 11 is 0. The first-order chi connectivity index (χ1) is 9.54. The van der Waals surface area contributed by atoms with E-state index in [0.29, 0.717) is 32.1 Å². The Labute approximate surface area is 118 Å². The Morgan fingerprint density at radius 3 is 2.45 bits per heavy atom. The SMILES string of the molecule is C[C@H](C#N)Oc1ccc(S(=O)(=O)N2CCOCC2)cc1. The van der Waals surface area contributed by atoms with Crippen molar-refractivity contribution in [1.29, 1.82) is 5.26 Å². The van der Waals surface area contributed by atoms with E-state index in [1.54, 1.807) is 19.1 Å². The van der Waals surface area contributed by atoms with Crippen LogP contribution in [0.25, 0.3) is 0 Å². The maximum absolute atomic E-state index is 12.4. The fraction of sp³-hybridized carbons (Fsp3) is 0.462. The second-order valence-corrected chi connectivity index (χ2v) is 6.31. The van der Waals surface area contributed by atoms with Gasteiger partial charge < -0.3 is 9.47 Å². The molecule has 0 spiro atoms. The normalized spacial score (nSPS) is 18.2. The molecule has 7 heteroatoms. The number of ether oxygens (including phenoxy) is 2. The molecule has 1 fully saturated rings. The summed E-state index contributed by atoms with van der Waals surface area (Å²) in [5.74, 6) is 0.472. The number of hydrogen-bond donors (Lipinski definition) is 0. The predicted molar refractivity (Wildman–Crippen MR) is 71.7 cm³/mol. The van der Waals surface area contributed by atoms with E-state index >= 15 is 0 Å². The van der Waals surface area contributed by atoms with Gasteiger partial charge in [-0.25, -0.2) is 8.42 Å². The molecule has 108 valence electrons. The lowest BCUT2D eigenvalue weighted by molar-refractivity contribution is 0.0730. The summed E-state index contributed by atoms with van der Waals surface area (Å²) in [6.45, 7) is 3.19. The minimum absolute atomic E-state index is 0.219. The van der Waals surface area contributed by atoms with Crippen LogP contribution in [0.4, 0.5) is 0 Å². The number of nitrogens with zero attached hydrogens (tertiary/aromatic N) is 2. The molecule has 0 unspecified atom stereocenters. The highest BCUT2D eigenvalue weighted by Crippen LogP contribution is 2.21. The zero-order chi connectivity index (χ0) is 14.6. The van der Waals surface area contributed by atoms with Crippen LogP contribution in [0.15, 0.2) is 29.2 Å². The zero-order valence-electron chi connectivity index (χ0n) is 11.2. The molecule has 20 heavy (non-hydrogen) atoms. The predicted octanol–water partition coefficient (Wildman–Crippen LogP) is 0.998. The van der Waals surface area contributed by atoms with Gasteiger partial charge in [-0.15, -0.1) is 0 Å². The Morgan fingerprint density at radius 1 is 1.30 bits per heavy atom. The van der Waals surface area contributed by atoms with E-state index in [4.69, 9.17) is 14.7 Å². The van der Waals surface area contributed by atoms with E-state index in [9.17, 15) is 8.42 Å². The monoisotopic (exact) mass is 296 g/mol. The van der Waals surface area contributed by atoms with E-state index in [0.717, 1.165) is 0 Å². The van der Waals surface area contributed by atoms with Gasteiger partial charge in [-0.2, -0.15) is 9.57 Å². The van der Waals surface area contributed by atoms with Crippen LogP contribution in [0.5, 0.6) is 5.75 Å². The highest BCUT2D eigenvalue weighted by molar-refractivity contribution is 7.89. The molecule has 1 saturated heterocycles. The van der Waals surface area contributed by atoms with E-state index in [1.807, 2.05) is 6.07 Å². The summed E-state index contributed by atoms with van der Waals surface area (Å²) in [7, 11) is -3.48. The maximum atomic E-state index is 12.4. The molecule has 0 bridgehead atoms. The fourth-order valence-electron chi connectivity index (χ4n) is 1.86. The van der Waals surface area contributed by atoms with Gasteiger partial charge in [-0.05, 0) is 31.2 Å². The number of hydrogen-bond acceptors (Lipinski definition) is 5. The third-order valence-corrected chi connectivity index (χ3v) is 4.84. The van der Waals surface area contributed by atoms with Crippen molar-refractivity contribution in [2.75, 3.05) is 26.3 Å². The molecular formula is C13H16N2O4S. The van der Waals surface area contributed by atoms with E-state index < -0.39 is 16.1 Å². The largest absolute Gasteiger partial charge is 0.476 e. The second kappa shape index (κ2) is 6.22. The van der Waals surface area contributed by atoms with Crippen LogP contribution in [0, 0.1) is 11.3 Å². The number of rotatable bonds is 4.